The Morgan fingerprint density at radius 1 is 1.44 bits per heavy atom. The zero-order valence-corrected chi connectivity index (χ0v) is 10.8. The second-order valence-electron chi connectivity index (χ2n) is 4.23. The van der Waals surface area contributed by atoms with E-state index in [1.165, 1.54) is 0 Å². The van der Waals surface area contributed by atoms with E-state index >= 15 is 0 Å². The monoisotopic (exact) mass is 242 g/mol. The van der Waals surface area contributed by atoms with E-state index in [0.29, 0.717) is 11.6 Å². The van der Waals surface area contributed by atoms with Crippen LogP contribution in [-0.4, -0.2) is 18.8 Å². The van der Waals surface area contributed by atoms with Crippen LogP contribution in [0.2, 0.25) is 5.02 Å². The Labute approximate surface area is 102 Å². The highest BCUT2D eigenvalue weighted by atomic mass is 35.5. The van der Waals surface area contributed by atoms with Crippen LogP contribution in [0.1, 0.15) is 30.6 Å². The maximum Gasteiger partial charge on any atom is 0.0830 e. The van der Waals surface area contributed by atoms with E-state index in [-0.39, 0.29) is 5.92 Å². The fourth-order valence-corrected chi connectivity index (χ4v) is 1.99. The van der Waals surface area contributed by atoms with Crippen molar-refractivity contribution in [2.45, 2.75) is 26.4 Å². The van der Waals surface area contributed by atoms with Crippen LogP contribution in [0.4, 0.5) is 0 Å². The van der Waals surface area contributed by atoms with E-state index in [4.69, 9.17) is 16.3 Å². The largest absolute Gasteiger partial charge is 0.388 e. The summed E-state index contributed by atoms with van der Waals surface area (Å²) in [5, 5.41) is 10.8. The number of aliphatic hydroxyl groups is 1. The molecule has 1 aromatic carbocycles. The van der Waals surface area contributed by atoms with Crippen LogP contribution in [0.5, 0.6) is 0 Å². The maximum absolute atomic E-state index is 10.1. The van der Waals surface area contributed by atoms with Crippen LogP contribution in [-0.2, 0) is 4.74 Å². The molecule has 2 atom stereocenters. The molecule has 0 aliphatic rings. The minimum atomic E-state index is -0.525. The summed E-state index contributed by atoms with van der Waals surface area (Å²) in [6.45, 7) is 4.64. The molecule has 0 saturated carbocycles. The first kappa shape index (κ1) is 13.5. The predicted molar refractivity (Wildman–Crippen MR) is 66.8 cm³/mol. The molecule has 0 radical (unpaired) electrons. The standard InChI is InChI=1S/C13H19ClO2/c1-9-4-5-11(12(14)8-9)13(15)10(2)6-7-16-3/h4-5,8,10,13,15H,6-7H2,1-3H3. The molecule has 0 aromatic heterocycles. The minimum Gasteiger partial charge on any atom is -0.388 e. The number of halogens is 1. The summed E-state index contributed by atoms with van der Waals surface area (Å²) in [4.78, 5) is 0. The van der Waals surface area contributed by atoms with Crippen molar-refractivity contribution in [1.29, 1.82) is 0 Å². The lowest BCUT2D eigenvalue weighted by atomic mass is 9.94. The zero-order chi connectivity index (χ0) is 12.1. The van der Waals surface area contributed by atoms with E-state index in [0.717, 1.165) is 17.5 Å². The third kappa shape index (κ3) is 3.48. The van der Waals surface area contributed by atoms with Crippen LogP contribution >= 0.6 is 11.6 Å². The highest BCUT2D eigenvalue weighted by Crippen LogP contribution is 2.30. The van der Waals surface area contributed by atoms with Gasteiger partial charge in [-0.1, -0.05) is 30.7 Å². The van der Waals surface area contributed by atoms with Crippen molar-refractivity contribution in [1.82, 2.24) is 0 Å². The van der Waals surface area contributed by atoms with Gasteiger partial charge in [0, 0.05) is 18.7 Å². The predicted octanol–water partition coefficient (Wildman–Crippen LogP) is 3.35. The Kier molecular flexibility index (Phi) is 5.26. The second-order valence-corrected chi connectivity index (χ2v) is 4.64. The SMILES string of the molecule is COCCC(C)C(O)c1ccc(C)cc1Cl. The van der Waals surface area contributed by atoms with Gasteiger partial charge >= 0.3 is 0 Å². The number of hydrogen-bond donors (Lipinski definition) is 1. The van der Waals surface area contributed by atoms with E-state index in [1.54, 1.807) is 7.11 Å². The van der Waals surface area contributed by atoms with Crippen molar-refractivity contribution >= 4 is 11.6 Å². The number of methoxy groups -OCH3 is 1. The van der Waals surface area contributed by atoms with Crippen molar-refractivity contribution in [2.24, 2.45) is 5.92 Å². The van der Waals surface area contributed by atoms with Gasteiger partial charge in [0.25, 0.3) is 0 Å². The maximum atomic E-state index is 10.1. The highest BCUT2D eigenvalue weighted by molar-refractivity contribution is 6.31. The Balaban J connectivity index is 2.75. The number of aryl methyl sites for hydroxylation is 1. The Morgan fingerprint density at radius 2 is 2.12 bits per heavy atom. The van der Waals surface area contributed by atoms with E-state index < -0.39 is 6.10 Å². The smallest absolute Gasteiger partial charge is 0.0830 e. The Bertz CT molecular complexity index is 339. The van der Waals surface area contributed by atoms with Crippen molar-refractivity contribution < 1.29 is 9.84 Å². The fraction of sp³-hybridized carbons (Fsp3) is 0.538. The molecule has 0 aliphatic carbocycles. The molecule has 0 spiro atoms. The molecule has 16 heavy (non-hydrogen) atoms. The van der Waals surface area contributed by atoms with Gasteiger partial charge in [-0.15, -0.1) is 0 Å². The summed E-state index contributed by atoms with van der Waals surface area (Å²) in [5.74, 6) is 0.139. The van der Waals surface area contributed by atoms with E-state index in [2.05, 4.69) is 0 Å². The van der Waals surface area contributed by atoms with E-state index in [9.17, 15) is 5.11 Å². The van der Waals surface area contributed by atoms with Gasteiger partial charge in [-0.05, 0) is 36.5 Å². The van der Waals surface area contributed by atoms with Gasteiger partial charge in [0.15, 0.2) is 0 Å². The van der Waals surface area contributed by atoms with Crippen molar-refractivity contribution in [3.05, 3.63) is 34.3 Å². The van der Waals surface area contributed by atoms with Gasteiger partial charge in [0.2, 0.25) is 0 Å². The number of hydrogen-bond acceptors (Lipinski definition) is 2. The molecular weight excluding hydrogens is 224 g/mol. The van der Waals surface area contributed by atoms with E-state index in [1.807, 2.05) is 32.0 Å². The number of aliphatic hydroxyl groups excluding tert-OH is 1. The first-order valence-corrected chi connectivity index (χ1v) is 5.87. The first-order valence-electron chi connectivity index (χ1n) is 5.49. The summed E-state index contributed by atoms with van der Waals surface area (Å²) in [6, 6.07) is 5.74. The van der Waals surface area contributed by atoms with Crippen LogP contribution in [0.15, 0.2) is 18.2 Å². The summed E-state index contributed by atoms with van der Waals surface area (Å²) < 4.78 is 5.00. The normalized spacial score (nSPS) is 14.8. The molecule has 1 rings (SSSR count). The van der Waals surface area contributed by atoms with Gasteiger partial charge in [-0.2, -0.15) is 0 Å². The molecular formula is C13H19ClO2. The van der Waals surface area contributed by atoms with Crippen LogP contribution < -0.4 is 0 Å². The molecule has 90 valence electrons. The van der Waals surface area contributed by atoms with Crippen LogP contribution in [0.3, 0.4) is 0 Å². The van der Waals surface area contributed by atoms with Crippen molar-refractivity contribution in [3.63, 3.8) is 0 Å². The Hall–Kier alpha value is -0.570. The summed E-state index contributed by atoms with van der Waals surface area (Å²) >= 11 is 6.11. The minimum absolute atomic E-state index is 0.139. The molecule has 2 unspecified atom stereocenters. The lowest BCUT2D eigenvalue weighted by Gasteiger charge is -2.20. The third-order valence-corrected chi connectivity index (χ3v) is 3.12. The van der Waals surface area contributed by atoms with Gasteiger partial charge in [0.1, 0.15) is 0 Å². The molecule has 3 heteroatoms. The fourth-order valence-electron chi connectivity index (χ4n) is 1.64. The van der Waals surface area contributed by atoms with Crippen molar-refractivity contribution in [2.75, 3.05) is 13.7 Å². The second kappa shape index (κ2) is 6.24. The summed E-state index contributed by atoms with van der Waals surface area (Å²) in [7, 11) is 1.66. The molecule has 0 saturated heterocycles. The molecule has 0 fully saturated rings. The topological polar surface area (TPSA) is 29.5 Å². The highest BCUT2D eigenvalue weighted by Gasteiger charge is 2.18. The number of benzene rings is 1. The molecule has 1 aromatic rings. The first-order chi connectivity index (χ1) is 7.56. The summed E-state index contributed by atoms with van der Waals surface area (Å²) in [6.07, 6.45) is 0.297. The van der Waals surface area contributed by atoms with Gasteiger partial charge in [-0.25, -0.2) is 0 Å². The Morgan fingerprint density at radius 3 is 2.69 bits per heavy atom. The van der Waals surface area contributed by atoms with Gasteiger partial charge in [0.05, 0.1) is 6.10 Å². The molecule has 0 bridgehead atoms. The average Bonchev–Trinajstić information content (AvgIpc) is 2.25. The molecule has 1 N–H and O–H groups in total. The lowest BCUT2D eigenvalue weighted by molar-refractivity contribution is 0.0887. The van der Waals surface area contributed by atoms with Crippen LogP contribution in [0.25, 0.3) is 0 Å². The molecule has 0 amide bonds. The molecule has 2 nitrogen and oxygen atoms in total. The zero-order valence-electron chi connectivity index (χ0n) is 10.0. The van der Waals surface area contributed by atoms with Gasteiger partial charge in [-0.3, -0.25) is 0 Å². The lowest BCUT2D eigenvalue weighted by Crippen LogP contribution is -2.12. The quantitative estimate of drug-likeness (QED) is 0.858. The third-order valence-electron chi connectivity index (χ3n) is 2.79. The van der Waals surface area contributed by atoms with Crippen LogP contribution in [0, 0.1) is 12.8 Å². The number of ether oxygens (including phenoxy) is 1. The average molecular weight is 243 g/mol. The molecule has 0 aliphatic heterocycles. The molecule has 0 heterocycles. The van der Waals surface area contributed by atoms with Crippen molar-refractivity contribution in [3.8, 4) is 0 Å². The van der Waals surface area contributed by atoms with Gasteiger partial charge < -0.3 is 9.84 Å². The summed E-state index contributed by atoms with van der Waals surface area (Å²) in [5.41, 5.74) is 1.90. The number of rotatable bonds is 5.